The summed E-state index contributed by atoms with van der Waals surface area (Å²) in [6, 6.07) is 10.5. The van der Waals surface area contributed by atoms with Gasteiger partial charge < -0.3 is 10.1 Å². The Kier molecular flexibility index (Phi) is 6.31. The lowest BCUT2D eigenvalue weighted by atomic mass is 10.2. The summed E-state index contributed by atoms with van der Waals surface area (Å²) in [5.74, 6) is -0.165. The quantitative estimate of drug-likeness (QED) is 0.786. The Morgan fingerprint density at radius 2 is 2.00 bits per heavy atom. The molecule has 1 aliphatic rings. The van der Waals surface area contributed by atoms with Crippen molar-refractivity contribution in [1.82, 2.24) is 9.62 Å². The number of morpholine rings is 1. The number of carbonyl (C=O) groups is 1. The highest BCUT2D eigenvalue weighted by molar-refractivity contribution is 7.91. The maximum atomic E-state index is 12.6. The second-order valence-electron chi connectivity index (χ2n) is 5.82. The number of nitrogens with zero attached hydrogens (tertiary/aromatic N) is 1. The van der Waals surface area contributed by atoms with Gasteiger partial charge in [-0.3, -0.25) is 4.79 Å². The summed E-state index contributed by atoms with van der Waals surface area (Å²) in [7, 11) is -3.51. The normalized spacial score (nSPS) is 15.7. The summed E-state index contributed by atoms with van der Waals surface area (Å²) in [6.07, 6.45) is 0.143. The lowest BCUT2D eigenvalue weighted by Crippen LogP contribution is -2.40. The molecule has 2 aromatic rings. The average molecular weight is 415 g/mol. The molecule has 3 rings (SSSR count). The summed E-state index contributed by atoms with van der Waals surface area (Å²) in [5, 5.41) is 3.44. The van der Waals surface area contributed by atoms with Gasteiger partial charge in [0.1, 0.15) is 4.21 Å². The van der Waals surface area contributed by atoms with Crippen molar-refractivity contribution in [2.24, 2.45) is 0 Å². The number of halogens is 1. The molecule has 0 unspecified atom stereocenters. The molecule has 26 heavy (non-hydrogen) atoms. The molecule has 1 N–H and O–H groups in total. The Labute approximate surface area is 161 Å². The molecule has 1 amide bonds. The number of hydrogen-bond donors (Lipinski definition) is 1. The highest BCUT2D eigenvalue weighted by Gasteiger charge is 2.27. The third kappa shape index (κ3) is 4.83. The van der Waals surface area contributed by atoms with Crippen molar-refractivity contribution in [2.45, 2.75) is 17.2 Å². The number of carbonyl (C=O) groups excluding carboxylic acids is 1. The van der Waals surface area contributed by atoms with Gasteiger partial charge in [-0.25, -0.2) is 8.42 Å². The van der Waals surface area contributed by atoms with E-state index in [1.807, 2.05) is 12.1 Å². The zero-order valence-electron chi connectivity index (χ0n) is 14.0. The topological polar surface area (TPSA) is 75.7 Å². The van der Waals surface area contributed by atoms with E-state index in [0.29, 0.717) is 42.7 Å². The third-order valence-electron chi connectivity index (χ3n) is 3.91. The van der Waals surface area contributed by atoms with Gasteiger partial charge in [-0.05, 0) is 29.8 Å². The molecule has 140 valence electrons. The van der Waals surface area contributed by atoms with Crippen LogP contribution in [0.5, 0.6) is 0 Å². The van der Waals surface area contributed by atoms with Gasteiger partial charge in [-0.1, -0.05) is 23.7 Å². The minimum Gasteiger partial charge on any atom is -0.379 e. The van der Waals surface area contributed by atoms with Crippen LogP contribution in [-0.2, 0) is 32.5 Å². The summed E-state index contributed by atoms with van der Waals surface area (Å²) in [5.41, 5.74) is 0.910. The molecule has 1 saturated heterocycles. The van der Waals surface area contributed by atoms with Gasteiger partial charge in [0.25, 0.3) is 10.0 Å². The van der Waals surface area contributed by atoms with Gasteiger partial charge in [0.2, 0.25) is 5.91 Å². The van der Waals surface area contributed by atoms with Crippen LogP contribution in [0.3, 0.4) is 0 Å². The van der Waals surface area contributed by atoms with Crippen LogP contribution in [0.25, 0.3) is 0 Å². The fourth-order valence-electron chi connectivity index (χ4n) is 2.57. The van der Waals surface area contributed by atoms with Crippen LogP contribution < -0.4 is 5.32 Å². The van der Waals surface area contributed by atoms with Crippen LogP contribution in [0.4, 0.5) is 0 Å². The molecule has 1 aromatic heterocycles. The maximum absolute atomic E-state index is 12.6. The van der Waals surface area contributed by atoms with Crippen LogP contribution >= 0.6 is 22.9 Å². The smallest absolute Gasteiger partial charge is 0.252 e. The van der Waals surface area contributed by atoms with Crippen molar-refractivity contribution < 1.29 is 17.9 Å². The molecule has 0 saturated carbocycles. The molecule has 0 bridgehead atoms. The fraction of sp³-hybridized carbons (Fsp3) is 0.353. The molecule has 0 spiro atoms. The second-order valence-corrected chi connectivity index (χ2v) is 9.59. The molecule has 1 aromatic carbocycles. The number of ether oxygens (including phenoxy) is 1. The van der Waals surface area contributed by atoms with E-state index in [2.05, 4.69) is 5.32 Å². The summed E-state index contributed by atoms with van der Waals surface area (Å²) in [6.45, 7) is 1.90. The highest BCUT2D eigenvalue weighted by Crippen LogP contribution is 2.26. The summed E-state index contributed by atoms with van der Waals surface area (Å²) in [4.78, 5) is 12.8. The first kappa shape index (κ1) is 19.3. The van der Waals surface area contributed by atoms with Crippen molar-refractivity contribution in [1.29, 1.82) is 0 Å². The molecule has 0 atom stereocenters. The standard InChI is InChI=1S/C17H19ClN2O4S2/c18-14-3-1-2-13(10-14)12-19-16(21)11-15-4-5-17(25-15)26(22,23)20-6-8-24-9-7-20/h1-5,10H,6-9,11-12H2,(H,19,21). The monoisotopic (exact) mass is 414 g/mol. The predicted molar refractivity (Wildman–Crippen MR) is 101 cm³/mol. The maximum Gasteiger partial charge on any atom is 0.252 e. The summed E-state index contributed by atoms with van der Waals surface area (Å²) < 4.78 is 32.1. The molecule has 2 heterocycles. The number of thiophene rings is 1. The van der Waals surface area contributed by atoms with Gasteiger partial charge >= 0.3 is 0 Å². The van der Waals surface area contributed by atoms with Crippen molar-refractivity contribution in [2.75, 3.05) is 26.3 Å². The number of benzene rings is 1. The highest BCUT2D eigenvalue weighted by atomic mass is 35.5. The van der Waals surface area contributed by atoms with E-state index in [4.69, 9.17) is 16.3 Å². The number of amides is 1. The third-order valence-corrected chi connectivity index (χ3v) is 7.60. The Bertz CT molecular complexity index is 876. The van der Waals surface area contributed by atoms with E-state index < -0.39 is 10.0 Å². The van der Waals surface area contributed by atoms with Crippen molar-refractivity contribution in [3.8, 4) is 0 Å². The Balaban J connectivity index is 1.58. The Hall–Kier alpha value is -1.45. The molecule has 1 fully saturated rings. The van der Waals surface area contributed by atoms with E-state index in [-0.39, 0.29) is 16.5 Å². The van der Waals surface area contributed by atoms with Gasteiger partial charge in [-0.2, -0.15) is 4.31 Å². The van der Waals surface area contributed by atoms with E-state index in [1.54, 1.807) is 24.3 Å². The molecule has 0 radical (unpaired) electrons. The number of nitrogens with one attached hydrogen (secondary N) is 1. The van der Waals surface area contributed by atoms with Crippen molar-refractivity contribution in [3.05, 3.63) is 51.9 Å². The first-order chi connectivity index (χ1) is 12.4. The molecule has 1 aliphatic heterocycles. The largest absolute Gasteiger partial charge is 0.379 e. The SMILES string of the molecule is O=C(Cc1ccc(S(=O)(=O)N2CCOCC2)s1)NCc1cccc(Cl)c1. The van der Waals surface area contributed by atoms with E-state index in [9.17, 15) is 13.2 Å². The van der Waals surface area contributed by atoms with Crippen LogP contribution in [0.2, 0.25) is 5.02 Å². The summed E-state index contributed by atoms with van der Waals surface area (Å²) >= 11 is 7.05. The second kappa shape index (κ2) is 8.49. The van der Waals surface area contributed by atoms with Gasteiger partial charge in [0.05, 0.1) is 19.6 Å². The zero-order valence-corrected chi connectivity index (χ0v) is 16.4. The van der Waals surface area contributed by atoms with Crippen molar-refractivity contribution >= 4 is 38.9 Å². The van der Waals surface area contributed by atoms with Gasteiger partial charge in [-0.15, -0.1) is 11.3 Å². The number of hydrogen-bond acceptors (Lipinski definition) is 5. The Morgan fingerprint density at radius 3 is 2.73 bits per heavy atom. The van der Waals surface area contributed by atoms with Crippen LogP contribution in [-0.4, -0.2) is 44.9 Å². The molecule has 9 heteroatoms. The number of sulfonamides is 1. The van der Waals surface area contributed by atoms with E-state index >= 15 is 0 Å². The predicted octanol–water partition coefficient (Wildman–Crippen LogP) is 2.28. The van der Waals surface area contributed by atoms with Gasteiger partial charge in [0, 0.05) is 29.5 Å². The van der Waals surface area contributed by atoms with Crippen molar-refractivity contribution in [3.63, 3.8) is 0 Å². The minimum atomic E-state index is -3.51. The fourth-order valence-corrected chi connectivity index (χ4v) is 5.70. The first-order valence-corrected chi connectivity index (χ1v) is 10.8. The minimum absolute atomic E-state index is 0.143. The van der Waals surface area contributed by atoms with Crippen LogP contribution in [0.1, 0.15) is 10.4 Å². The van der Waals surface area contributed by atoms with Gasteiger partial charge in [0.15, 0.2) is 0 Å². The van der Waals surface area contributed by atoms with E-state index in [1.165, 1.54) is 4.31 Å². The molecule has 0 aliphatic carbocycles. The average Bonchev–Trinajstić information content (AvgIpc) is 3.10. The molecular formula is C17H19ClN2O4S2. The molecule has 6 nitrogen and oxygen atoms in total. The number of rotatable bonds is 6. The first-order valence-electron chi connectivity index (χ1n) is 8.13. The Morgan fingerprint density at radius 1 is 1.23 bits per heavy atom. The molecular weight excluding hydrogens is 396 g/mol. The lowest BCUT2D eigenvalue weighted by molar-refractivity contribution is -0.120. The zero-order chi connectivity index (χ0) is 18.6. The van der Waals surface area contributed by atoms with Crippen LogP contribution in [0, 0.1) is 0 Å². The van der Waals surface area contributed by atoms with E-state index in [0.717, 1.165) is 16.9 Å². The van der Waals surface area contributed by atoms with Crippen LogP contribution in [0.15, 0.2) is 40.6 Å². The lowest BCUT2D eigenvalue weighted by Gasteiger charge is -2.25.